The third-order valence-corrected chi connectivity index (χ3v) is 8.97. The topological polar surface area (TPSA) is 73.1 Å². The lowest BCUT2D eigenvalue weighted by Crippen LogP contribution is -2.56. The summed E-state index contributed by atoms with van der Waals surface area (Å²) in [6.07, 6.45) is 10.5. The van der Waals surface area contributed by atoms with Crippen molar-refractivity contribution in [3.05, 3.63) is 12.2 Å². The van der Waals surface area contributed by atoms with E-state index in [2.05, 4.69) is 19.1 Å². The molecule has 6 atom stereocenters. The second kappa shape index (κ2) is 8.57. The highest BCUT2D eigenvalue weighted by atomic mass is 16.6. The van der Waals surface area contributed by atoms with Crippen LogP contribution in [0.25, 0.3) is 0 Å². The Labute approximate surface area is 191 Å². The fraction of sp³-hybridized carbons (Fsp3) is 0.880. The number of hydrogen-bond donors (Lipinski definition) is 0. The minimum atomic E-state index is -0.303. The third kappa shape index (κ3) is 3.99. The van der Waals surface area contributed by atoms with Crippen LogP contribution < -0.4 is 0 Å². The summed E-state index contributed by atoms with van der Waals surface area (Å²) in [4.78, 5) is 15.0. The molecule has 32 heavy (non-hydrogen) atoms. The molecule has 0 radical (unpaired) electrons. The second-order valence-electron chi connectivity index (χ2n) is 10.7. The van der Waals surface area contributed by atoms with Gasteiger partial charge >= 0.3 is 6.09 Å². The van der Waals surface area contributed by atoms with Crippen LogP contribution in [0.1, 0.15) is 58.8 Å². The zero-order valence-electron chi connectivity index (χ0n) is 19.8. The number of likely N-dealkylation sites (tertiary alicyclic amines) is 1. The summed E-state index contributed by atoms with van der Waals surface area (Å²) < 4.78 is 29.9. The van der Waals surface area contributed by atoms with E-state index in [0.717, 1.165) is 77.9 Å². The Morgan fingerprint density at radius 3 is 2.50 bits per heavy atom. The Morgan fingerprint density at radius 1 is 1.16 bits per heavy atom. The molecule has 0 aromatic carbocycles. The quantitative estimate of drug-likeness (QED) is 0.471. The number of rotatable bonds is 5. The molecule has 7 heteroatoms. The molecule has 7 nitrogen and oxygen atoms in total. The van der Waals surface area contributed by atoms with Crippen LogP contribution in [-0.4, -0.2) is 80.5 Å². The van der Waals surface area contributed by atoms with E-state index in [-0.39, 0.29) is 41.5 Å². The van der Waals surface area contributed by atoms with Gasteiger partial charge in [-0.1, -0.05) is 12.2 Å². The molecule has 2 spiro atoms. The number of nitrogens with zero attached hydrogens (tertiary/aromatic N) is 1. The Morgan fingerprint density at radius 2 is 1.88 bits per heavy atom. The molecule has 0 unspecified atom stereocenters. The largest absolute Gasteiger partial charge is 0.443 e. The van der Waals surface area contributed by atoms with Crippen LogP contribution in [0.15, 0.2) is 12.2 Å². The highest BCUT2D eigenvalue weighted by Gasteiger charge is 2.72. The van der Waals surface area contributed by atoms with Gasteiger partial charge in [-0.25, -0.2) is 4.79 Å². The Kier molecular flexibility index (Phi) is 6.06. The van der Waals surface area contributed by atoms with E-state index in [0.29, 0.717) is 5.41 Å². The summed E-state index contributed by atoms with van der Waals surface area (Å²) in [5, 5.41) is 0. The molecule has 0 aromatic rings. The van der Waals surface area contributed by atoms with Gasteiger partial charge in [0.15, 0.2) is 0 Å². The molecule has 180 valence electrons. The number of allylic oxidation sites excluding steroid dienone is 1. The van der Waals surface area contributed by atoms with Crippen LogP contribution in [0.2, 0.25) is 0 Å². The summed E-state index contributed by atoms with van der Waals surface area (Å²) >= 11 is 0. The van der Waals surface area contributed by atoms with Crippen molar-refractivity contribution in [1.29, 1.82) is 0 Å². The number of epoxide rings is 2. The number of hydrogen-bond acceptors (Lipinski definition) is 6. The first-order valence-corrected chi connectivity index (χ1v) is 12.4. The zero-order valence-corrected chi connectivity index (χ0v) is 19.8. The molecular formula is C25H39NO6. The van der Waals surface area contributed by atoms with Crippen molar-refractivity contribution >= 4 is 6.09 Å². The SMILES string of the molecule is C/C=C/C[C@H]1O[C@]1(C)[C@H]1[C@H](OC)[C@H](OC(=O)N2CCC3(CCOCC3)CC2)CC[C@]12CO2. The summed E-state index contributed by atoms with van der Waals surface area (Å²) in [5.41, 5.74) is -0.137. The van der Waals surface area contributed by atoms with Crippen molar-refractivity contribution in [3.63, 3.8) is 0 Å². The summed E-state index contributed by atoms with van der Waals surface area (Å²) in [7, 11) is 1.72. The van der Waals surface area contributed by atoms with Gasteiger partial charge in [0.1, 0.15) is 23.4 Å². The number of amides is 1. The zero-order chi connectivity index (χ0) is 22.4. The number of carbonyl (C=O) groups excluding carboxylic acids is 1. The van der Waals surface area contributed by atoms with Gasteiger partial charge in [-0.05, 0) is 64.2 Å². The van der Waals surface area contributed by atoms with Crippen LogP contribution in [0.5, 0.6) is 0 Å². The standard InChI is InChI=1S/C25H39NO6/c1-4-5-6-19-23(2,32-19)21-20(28-3)18(7-8-25(21)17-30-25)31-22(27)26-13-9-24(10-14-26)11-15-29-16-12-24/h4-5,18-21H,6-17H2,1-3H3/b5-4+/t18-,19-,20-,21-,23+,25+/m1/s1. The van der Waals surface area contributed by atoms with Gasteiger partial charge in [-0.2, -0.15) is 0 Å². The molecule has 1 saturated carbocycles. The van der Waals surface area contributed by atoms with Crippen molar-refractivity contribution in [3.8, 4) is 0 Å². The maximum absolute atomic E-state index is 13.1. The number of carbonyl (C=O) groups is 1. The van der Waals surface area contributed by atoms with Gasteiger partial charge in [0.25, 0.3) is 0 Å². The van der Waals surface area contributed by atoms with E-state index in [4.69, 9.17) is 23.7 Å². The summed E-state index contributed by atoms with van der Waals surface area (Å²) in [6, 6.07) is 0. The third-order valence-electron chi connectivity index (χ3n) is 8.97. The predicted octanol–water partition coefficient (Wildman–Crippen LogP) is 3.70. The molecule has 5 aliphatic rings. The fourth-order valence-corrected chi connectivity index (χ4v) is 6.66. The molecule has 0 N–H and O–H groups in total. The Bertz CT molecular complexity index is 720. The molecule has 4 heterocycles. The second-order valence-corrected chi connectivity index (χ2v) is 10.7. The van der Waals surface area contributed by atoms with Gasteiger partial charge in [-0.15, -0.1) is 0 Å². The lowest BCUT2D eigenvalue weighted by Gasteiger charge is -2.45. The predicted molar refractivity (Wildman–Crippen MR) is 118 cm³/mol. The average molecular weight is 450 g/mol. The van der Waals surface area contributed by atoms with Crippen molar-refractivity contribution in [2.45, 2.75) is 88.3 Å². The van der Waals surface area contributed by atoms with Gasteiger partial charge in [0.2, 0.25) is 0 Å². The Balaban J connectivity index is 1.23. The van der Waals surface area contributed by atoms with Gasteiger partial charge in [-0.3, -0.25) is 0 Å². The van der Waals surface area contributed by atoms with E-state index in [9.17, 15) is 4.79 Å². The maximum atomic E-state index is 13.1. The van der Waals surface area contributed by atoms with Crippen LogP contribution in [0, 0.1) is 11.3 Å². The molecule has 1 amide bonds. The van der Waals surface area contributed by atoms with Gasteiger partial charge in [0, 0.05) is 33.4 Å². The van der Waals surface area contributed by atoms with Gasteiger partial charge in [0.05, 0.1) is 18.6 Å². The summed E-state index contributed by atoms with van der Waals surface area (Å²) in [6.45, 7) is 8.18. The smallest absolute Gasteiger partial charge is 0.410 e. The van der Waals surface area contributed by atoms with Crippen molar-refractivity contribution in [1.82, 2.24) is 4.90 Å². The normalized spacial score (nSPS) is 43.0. The molecular weight excluding hydrogens is 410 g/mol. The Hall–Kier alpha value is -1.15. The monoisotopic (exact) mass is 449 g/mol. The minimum absolute atomic E-state index is 0.0636. The van der Waals surface area contributed by atoms with Crippen LogP contribution >= 0.6 is 0 Å². The van der Waals surface area contributed by atoms with E-state index < -0.39 is 0 Å². The molecule has 0 aromatic heterocycles. The van der Waals surface area contributed by atoms with E-state index in [1.165, 1.54) is 0 Å². The molecule has 0 bridgehead atoms. The highest BCUT2D eigenvalue weighted by Crippen LogP contribution is 2.59. The van der Waals surface area contributed by atoms with E-state index in [1.807, 2.05) is 11.8 Å². The molecule has 4 aliphatic heterocycles. The molecule has 5 fully saturated rings. The minimum Gasteiger partial charge on any atom is -0.443 e. The lowest BCUT2D eigenvalue weighted by atomic mass is 9.68. The van der Waals surface area contributed by atoms with Crippen molar-refractivity contribution in [2.24, 2.45) is 11.3 Å². The van der Waals surface area contributed by atoms with E-state index >= 15 is 0 Å². The number of methoxy groups -OCH3 is 1. The number of ether oxygens (including phenoxy) is 5. The lowest BCUT2D eigenvalue weighted by molar-refractivity contribution is -0.123. The first-order valence-electron chi connectivity index (χ1n) is 12.4. The first kappa shape index (κ1) is 22.6. The van der Waals surface area contributed by atoms with Crippen molar-refractivity contribution < 1.29 is 28.5 Å². The fourth-order valence-electron chi connectivity index (χ4n) is 6.66. The highest BCUT2D eigenvalue weighted by molar-refractivity contribution is 5.68. The number of piperidine rings is 1. The molecule has 4 saturated heterocycles. The molecule has 5 rings (SSSR count). The van der Waals surface area contributed by atoms with Crippen molar-refractivity contribution in [2.75, 3.05) is 40.0 Å². The molecule has 1 aliphatic carbocycles. The first-order chi connectivity index (χ1) is 15.5. The average Bonchev–Trinajstić information content (AvgIpc) is 3.72. The van der Waals surface area contributed by atoms with E-state index in [1.54, 1.807) is 7.11 Å². The van der Waals surface area contributed by atoms with Crippen LogP contribution in [0.4, 0.5) is 4.79 Å². The van der Waals surface area contributed by atoms with Crippen LogP contribution in [-0.2, 0) is 23.7 Å². The summed E-state index contributed by atoms with van der Waals surface area (Å²) in [5.74, 6) is 0.0636. The van der Waals surface area contributed by atoms with Crippen LogP contribution in [0.3, 0.4) is 0 Å². The maximum Gasteiger partial charge on any atom is 0.410 e. The van der Waals surface area contributed by atoms with Gasteiger partial charge < -0.3 is 28.6 Å².